The van der Waals surface area contributed by atoms with E-state index in [0.717, 1.165) is 0 Å². The topological polar surface area (TPSA) is 101 Å². The molecule has 1 aromatic heterocycles. The molecule has 8 heteroatoms. The molecule has 0 aliphatic carbocycles. The van der Waals surface area contributed by atoms with Crippen molar-refractivity contribution < 1.29 is 9.59 Å². The van der Waals surface area contributed by atoms with Crippen LogP contribution in [0.5, 0.6) is 0 Å². The van der Waals surface area contributed by atoms with Gasteiger partial charge in [-0.3, -0.25) is 14.5 Å². The lowest BCUT2D eigenvalue weighted by Crippen LogP contribution is -2.53. The number of aromatic nitrogens is 2. The van der Waals surface area contributed by atoms with Crippen LogP contribution in [0.1, 0.15) is 13.8 Å². The molecule has 0 saturated carbocycles. The second kappa shape index (κ2) is 6.48. The number of fused-ring (bicyclic) bond motifs is 1. The first-order chi connectivity index (χ1) is 11.4. The summed E-state index contributed by atoms with van der Waals surface area (Å²) in [6.45, 7) is 6.06. The molecule has 8 nitrogen and oxygen atoms in total. The maximum Gasteiger partial charge on any atom is 0.323 e. The molecule has 24 heavy (non-hydrogen) atoms. The zero-order chi connectivity index (χ0) is 17.3. The van der Waals surface area contributed by atoms with Gasteiger partial charge < -0.3 is 20.2 Å². The van der Waals surface area contributed by atoms with Crippen LogP contribution in [0.2, 0.25) is 0 Å². The van der Waals surface area contributed by atoms with Gasteiger partial charge in [0.15, 0.2) is 0 Å². The number of amides is 2. The van der Waals surface area contributed by atoms with Crippen LogP contribution in [0, 0.1) is 0 Å². The van der Waals surface area contributed by atoms with Crippen LogP contribution in [0.15, 0.2) is 23.0 Å². The number of piperazine rings is 1. The van der Waals surface area contributed by atoms with Crippen LogP contribution in [-0.4, -0.2) is 63.8 Å². The maximum atomic E-state index is 12.5. The molecule has 1 aromatic carbocycles. The van der Waals surface area contributed by atoms with Crippen molar-refractivity contribution in [3.63, 3.8) is 0 Å². The van der Waals surface area contributed by atoms with Gasteiger partial charge in [0.1, 0.15) is 0 Å². The van der Waals surface area contributed by atoms with Crippen LogP contribution in [-0.2, 0) is 9.59 Å². The monoisotopic (exact) mass is 331 g/mol. The van der Waals surface area contributed by atoms with Crippen molar-refractivity contribution in [2.75, 3.05) is 31.5 Å². The van der Waals surface area contributed by atoms with Crippen LogP contribution in [0.25, 0.3) is 11.0 Å². The summed E-state index contributed by atoms with van der Waals surface area (Å²) in [6, 6.07) is 4.94. The SMILES string of the molecule is CC(=O)N1CCN([C@H](C)C(=O)Nc2ccc3[nH]c(=O)[nH]c3c2)CC1. The third kappa shape index (κ3) is 3.33. The zero-order valence-corrected chi connectivity index (χ0v) is 13.8. The summed E-state index contributed by atoms with van der Waals surface area (Å²) >= 11 is 0. The minimum absolute atomic E-state index is 0.0700. The van der Waals surface area contributed by atoms with Crippen molar-refractivity contribution in [1.29, 1.82) is 0 Å². The predicted octanol–water partition coefficient (Wildman–Crippen LogP) is 0.347. The summed E-state index contributed by atoms with van der Waals surface area (Å²) in [4.78, 5) is 44.3. The number of carbonyl (C=O) groups excluding carboxylic acids is 2. The Morgan fingerprint density at radius 3 is 2.46 bits per heavy atom. The van der Waals surface area contributed by atoms with Gasteiger partial charge in [-0.25, -0.2) is 4.79 Å². The number of imidazole rings is 1. The molecule has 1 fully saturated rings. The molecule has 3 N–H and O–H groups in total. The van der Waals surface area contributed by atoms with Gasteiger partial charge in [0, 0.05) is 38.8 Å². The highest BCUT2D eigenvalue weighted by atomic mass is 16.2. The molecule has 2 aromatic rings. The molecular formula is C16H21N5O3. The number of nitrogens with zero attached hydrogens (tertiary/aromatic N) is 2. The highest BCUT2D eigenvalue weighted by Gasteiger charge is 2.26. The average Bonchev–Trinajstić information content (AvgIpc) is 2.93. The van der Waals surface area contributed by atoms with E-state index in [1.807, 2.05) is 6.92 Å². The maximum absolute atomic E-state index is 12.5. The Morgan fingerprint density at radius 2 is 1.79 bits per heavy atom. The number of nitrogens with one attached hydrogen (secondary N) is 3. The molecule has 3 rings (SSSR count). The molecule has 128 valence electrons. The molecule has 0 unspecified atom stereocenters. The van der Waals surface area contributed by atoms with Gasteiger partial charge in [-0.1, -0.05) is 0 Å². The lowest BCUT2D eigenvalue weighted by molar-refractivity contribution is -0.131. The van der Waals surface area contributed by atoms with Crippen LogP contribution in [0.4, 0.5) is 5.69 Å². The number of benzene rings is 1. The van der Waals surface area contributed by atoms with Gasteiger partial charge in [-0.05, 0) is 25.1 Å². The van der Waals surface area contributed by atoms with Crippen molar-refractivity contribution in [2.45, 2.75) is 19.9 Å². The van der Waals surface area contributed by atoms with Gasteiger partial charge in [-0.2, -0.15) is 0 Å². The van der Waals surface area contributed by atoms with Gasteiger partial charge >= 0.3 is 5.69 Å². The smallest absolute Gasteiger partial charge is 0.323 e. The Balaban J connectivity index is 1.63. The summed E-state index contributed by atoms with van der Waals surface area (Å²) in [5.74, 6) is -0.0379. The van der Waals surface area contributed by atoms with E-state index in [1.54, 1.807) is 30.0 Å². The first-order valence-corrected chi connectivity index (χ1v) is 7.96. The molecule has 2 amide bonds. The highest BCUT2D eigenvalue weighted by molar-refractivity contribution is 5.96. The standard InChI is InChI=1S/C16H21N5O3/c1-10(20-5-7-21(8-6-20)11(2)22)15(23)17-12-3-4-13-14(9-12)19-16(24)18-13/h3-4,9-10H,5-8H2,1-2H3,(H,17,23)(H2,18,19,24)/t10-/m1/s1. The van der Waals surface area contributed by atoms with Crippen molar-refractivity contribution >= 4 is 28.5 Å². The summed E-state index contributed by atoms with van der Waals surface area (Å²) in [7, 11) is 0. The number of H-pyrrole nitrogens is 2. The third-order valence-electron chi connectivity index (χ3n) is 4.47. The molecule has 1 aliphatic heterocycles. The largest absolute Gasteiger partial charge is 0.340 e. The third-order valence-corrected chi connectivity index (χ3v) is 4.47. The second-order valence-electron chi connectivity index (χ2n) is 6.05. The van der Waals surface area contributed by atoms with E-state index in [2.05, 4.69) is 20.2 Å². The lowest BCUT2D eigenvalue weighted by atomic mass is 10.2. The average molecular weight is 331 g/mol. The molecule has 0 spiro atoms. The molecule has 1 aliphatic rings. The van der Waals surface area contributed by atoms with E-state index >= 15 is 0 Å². The summed E-state index contributed by atoms with van der Waals surface area (Å²) in [5, 5.41) is 2.88. The van der Waals surface area contributed by atoms with Crippen LogP contribution in [0.3, 0.4) is 0 Å². The molecule has 0 bridgehead atoms. The number of carbonyl (C=O) groups is 2. The predicted molar refractivity (Wildman–Crippen MR) is 90.8 cm³/mol. The molecular weight excluding hydrogens is 310 g/mol. The lowest BCUT2D eigenvalue weighted by Gasteiger charge is -2.37. The van der Waals surface area contributed by atoms with E-state index < -0.39 is 0 Å². The number of rotatable bonds is 3. The van der Waals surface area contributed by atoms with Crippen LogP contribution >= 0.6 is 0 Å². The van der Waals surface area contributed by atoms with E-state index in [1.165, 1.54) is 0 Å². The minimum atomic E-state index is -0.292. The number of aromatic amines is 2. The van der Waals surface area contributed by atoms with Crippen molar-refractivity contribution in [3.05, 3.63) is 28.7 Å². The van der Waals surface area contributed by atoms with Gasteiger partial charge in [0.2, 0.25) is 11.8 Å². The number of hydrogen-bond acceptors (Lipinski definition) is 4. The van der Waals surface area contributed by atoms with E-state index in [0.29, 0.717) is 42.9 Å². The Bertz CT molecular complexity index is 816. The number of anilines is 1. The highest BCUT2D eigenvalue weighted by Crippen LogP contribution is 2.16. The van der Waals surface area contributed by atoms with E-state index in [4.69, 9.17) is 0 Å². The van der Waals surface area contributed by atoms with Crippen molar-refractivity contribution in [1.82, 2.24) is 19.8 Å². The minimum Gasteiger partial charge on any atom is -0.340 e. The quantitative estimate of drug-likeness (QED) is 0.755. The molecule has 0 radical (unpaired) electrons. The number of hydrogen-bond donors (Lipinski definition) is 3. The fraction of sp³-hybridized carbons (Fsp3) is 0.438. The first kappa shape index (κ1) is 16.3. The summed E-state index contributed by atoms with van der Waals surface area (Å²) < 4.78 is 0. The summed E-state index contributed by atoms with van der Waals surface area (Å²) in [6.07, 6.45) is 0. The van der Waals surface area contributed by atoms with Gasteiger partial charge in [-0.15, -0.1) is 0 Å². The normalized spacial score (nSPS) is 17.0. The Hall–Kier alpha value is -2.61. The fourth-order valence-corrected chi connectivity index (χ4v) is 2.95. The molecule has 1 saturated heterocycles. The van der Waals surface area contributed by atoms with Gasteiger partial charge in [0.05, 0.1) is 17.1 Å². The Labute approximate surface area is 138 Å². The Morgan fingerprint density at radius 1 is 1.12 bits per heavy atom. The van der Waals surface area contributed by atoms with Crippen molar-refractivity contribution in [3.8, 4) is 0 Å². The molecule has 1 atom stereocenters. The Kier molecular flexibility index (Phi) is 4.39. The van der Waals surface area contributed by atoms with Gasteiger partial charge in [0.25, 0.3) is 0 Å². The molecule has 2 heterocycles. The van der Waals surface area contributed by atoms with Crippen LogP contribution < -0.4 is 11.0 Å². The zero-order valence-electron chi connectivity index (χ0n) is 13.8. The van der Waals surface area contributed by atoms with Crippen molar-refractivity contribution in [2.24, 2.45) is 0 Å². The van der Waals surface area contributed by atoms with E-state index in [-0.39, 0.29) is 23.5 Å². The first-order valence-electron chi connectivity index (χ1n) is 7.96. The van der Waals surface area contributed by atoms with E-state index in [9.17, 15) is 14.4 Å². The fourth-order valence-electron chi connectivity index (χ4n) is 2.95. The summed E-state index contributed by atoms with van der Waals surface area (Å²) in [5.41, 5.74) is 1.72. The second-order valence-corrected chi connectivity index (χ2v) is 6.05.